The van der Waals surface area contributed by atoms with Gasteiger partial charge in [0.25, 0.3) is 5.91 Å². The molecule has 3 aromatic carbocycles. The number of aryl methyl sites for hydroxylation is 2. The predicted octanol–water partition coefficient (Wildman–Crippen LogP) is 4.93. The summed E-state index contributed by atoms with van der Waals surface area (Å²) < 4.78 is 5.30. The molecule has 0 spiro atoms. The minimum absolute atomic E-state index is 0.166. The molecule has 0 heterocycles. The molecule has 0 aromatic heterocycles. The van der Waals surface area contributed by atoms with E-state index in [2.05, 4.69) is 18.3 Å². The number of esters is 1. The van der Waals surface area contributed by atoms with E-state index >= 15 is 0 Å². The van der Waals surface area contributed by atoms with Crippen LogP contribution in [-0.4, -0.2) is 18.5 Å². The topological polar surface area (TPSA) is 55.4 Å². The fraction of sp³-hybridized carbons (Fsp3) is 0.231. The summed E-state index contributed by atoms with van der Waals surface area (Å²) in [5.74, 6) is -0.815. The second-order valence-corrected chi connectivity index (χ2v) is 7.53. The van der Waals surface area contributed by atoms with Gasteiger partial charge in [-0.1, -0.05) is 66.7 Å². The average Bonchev–Trinajstić information content (AvgIpc) is 2.75. The van der Waals surface area contributed by atoms with Gasteiger partial charge in [0.15, 0.2) is 6.61 Å². The second-order valence-electron chi connectivity index (χ2n) is 7.53. The molecule has 0 unspecified atom stereocenters. The summed E-state index contributed by atoms with van der Waals surface area (Å²) in [6.45, 7) is 5.70. The Hall–Kier alpha value is -3.40. The van der Waals surface area contributed by atoms with Gasteiger partial charge in [-0.3, -0.25) is 4.79 Å². The lowest BCUT2D eigenvalue weighted by atomic mass is 10.00. The fourth-order valence-corrected chi connectivity index (χ4v) is 3.30. The standard InChI is InChI=1S/C26H27NO3/c1-18-13-14-22(15-19(18)2)20(3)27-25(28)17-30-26(29)24-12-8-7-11-23(24)16-21-9-5-4-6-10-21/h4-15,20H,16-17H2,1-3H3,(H,27,28)/t20-/m0/s1. The van der Waals surface area contributed by atoms with Crippen molar-refractivity contribution in [3.05, 3.63) is 106 Å². The fourth-order valence-electron chi connectivity index (χ4n) is 3.30. The van der Waals surface area contributed by atoms with Crippen LogP contribution in [-0.2, 0) is 16.0 Å². The maximum absolute atomic E-state index is 12.6. The molecule has 0 saturated carbocycles. The SMILES string of the molecule is Cc1ccc([C@H](C)NC(=O)COC(=O)c2ccccc2Cc2ccccc2)cc1C. The van der Waals surface area contributed by atoms with Gasteiger partial charge < -0.3 is 10.1 Å². The number of rotatable bonds is 7. The van der Waals surface area contributed by atoms with Crippen molar-refractivity contribution in [1.29, 1.82) is 0 Å². The molecule has 154 valence electrons. The summed E-state index contributed by atoms with van der Waals surface area (Å²) in [7, 11) is 0. The Kier molecular flexibility index (Phi) is 7.02. The quantitative estimate of drug-likeness (QED) is 0.571. The molecule has 0 aliphatic carbocycles. The van der Waals surface area contributed by atoms with Crippen molar-refractivity contribution in [2.45, 2.75) is 33.2 Å². The molecular weight excluding hydrogens is 374 g/mol. The third kappa shape index (κ3) is 5.57. The van der Waals surface area contributed by atoms with Crippen LogP contribution in [0.5, 0.6) is 0 Å². The van der Waals surface area contributed by atoms with Crippen LogP contribution in [0.2, 0.25) is 0 Å². The van der Waals surface area contributed by atoms with Crippen molar-refractivity contribution in [3.8, 4) is 0 Å². The Balaban J connectivity index is 1.59. The molecule has 0 radical (unpaired) electrons. The van der Waals surface area contributed by atoms with Crippen LogP contribution in [0, 0.1) is 13.8 Å². The Morgan fingerprint density at radius 3 is 2.33 bits per heavy atom. The predicted molar refractivity (Wildman–Crippen MR) is 118 cm³/mol. The maximum Gasteiger partial charge on any atom is 0.338 e. The first kappa shape index (κ1) is 21.3. The maximum atomic E-state index is 12.6. The van der Waals surface area contributed by atoms with Crippen molar-refractivity contribution in [2.75, 3.05) is 6.61 Å². The summed E-state index contributed by atoms with van der Waals surface area (Å²) in [5.41, 5.74) is 5.87. The second kappa shape index (κ2) is 9.88. The third-order valence-corrected chi connectivity index (χ3v) is 5.22. The first-order valence-electron chi connectivity index (χ1n) is 10.1. The van der Waals surface area contributed by atoms with E-state index in [0.717, 1.165) is 16.7 Å². The van der Waals surface area contributed by atoms with Gasteiger partial charge in [-0.05, 0) is 61.1 Å². The highest BCUT2D eigenvalue weighted by molar-refractivity contribution is 5.92. The van der Waals surface area contributed by atoms with Crippen LogP contribution < -0.4 is 5.32 Å². The molecule has 30 heavy (non-hydrogen) atoms. The van der Waals surface area contributed by atoms with E-state index in [1.165, 1.54) is 11.1 Å². The van der Waals surface area contributed by atoms with Crippen LogP contribution in [0.4, 0.5) is 0 Å². The van der Waals surface area contributed by atoms with Crippen molar-refractivity contribution in [1.82, 2.24) is 5.32 Å². The van der Waals surface area contributed by atoms with Gasteiger partial charge in [-0.15, -0.1) is 0 Å². The van der Waals surface area contributed by atoms with E-state index in [0.29, 0.717) is 12.0 Å². The molecular formula is C26H27NO3. The number of nitrogens with one attached hydrogen (secondary N) is 1. The molecule has 0 bridgehead atoms. The molecule has 0 aliphatic rings. The lowest BCUT2D eigenvalue weighted by molar-refractivity contribution is -0.124. The van der Waals surface area contributed by atoms with Gasteiger partial charge in [-0.2, -0.15) is 0 Å². The summed E-state index contributed by atoms with van der Waals surface area (Å²) in [6, 6.07) is 23.2. The highest BCUT2D eigenvalue weighted by Gasteiger charge is 2.16. The number of benzene rings is 3. The molecule has 0 saturated heterocycles. The molecule has 3 aromatic rings. The van der Waals surface area contributed by atoms with Crippen LogP contribution in [0.1, 0.15) is 51.1 Å². The zero-order valence-corrected chi connectivity index (χ0v) is 17.6. The molecule has 0 aliphatic heterocycles. The lowest BCUT2D eigenvalue weighted by Crippen LogP contribution is -2.31. The molecule has 1 amide bonds. The molecule has 4 heteroatoms. The van der Waals surface area contributed by atoms with Crippen LogP contribution in [0.25, 0.3) is 0 Å². The third-order valence-electron chi connectivity index (χ3n) is 5.22. The summed E-state index contributed by atoms with van der Waals surface area (Å²) in [4.78, 5) is 24.9. The minimum atomic E-state index is -0.490. The van der Waals surface area contributed by atoms with E-state index in [4.69, 9.17) is 4.74 Å². The van der Waals surface area contributed by atoms with Gasteiger partial charge in [0.2, 0.25) is 0 Å². The van der Waals surface area contributed by atoms with Crippen LogP contribution in [0.15, 0.2) is 72.8 Å². The van der Waals surface area contributed by atoms with Crippen molar-refractivity contribution in [2.24, 2.45) is 0 Å². The van der Waals surface area contributed by atoms with Crippen LogP contribution >= 0.6 is 0 Å². The number of carbonyl (C=O) groups excluding carboxylic acids is 2. The molecule has 0 fully saturated rings. The summed E-state index contributed by atoms with van der Waals surface area (Å²) in [6.07, 6.45) is 0.627. The van der Waals surface area contributed by atoms with Crippen molar-refractivity contribution in [3.63, 3.8) is 0 Å². The zero-order chi connectivity index (χ0) is 21.5. The Bertz CT molecular complexity index is 1030. The molecule has 4 nitrogen and oxygen atoms in total. The molecule has 3 rings (SSSR count). The van der Waals surface area contributed by atoms with E-state index in [9.17, 15) is 9.59 Å². The van der Waals surface area contributed by atoms with Gasteiger partial charge in [0, 0.05) is 0 Å². The molecule has 1 N–H and O–H groups in total. The largest absolute Gasteiger partial charge is 0.452 e. The van der Waals surface area contributed by atoms with E-state index in [-0.39, 0.29) is 18.6 Å². The Labute approximate surface area is 177 Å². The zero-order valence-electron chi connectivity index (χ0n) is 17.6. The highest BCUT2D eigenvalue weighted by Crippen LogP contribution is 2.17. The number of hydrogen-bond donors (Lipinski definition) is 1. The summed E-state index contributed by atoms with van der Waals surface area (Å²) >= 11 is 0. The van der Waals surface area contributed by atoms with Gasteiger partial charge >= 0.3 is 5.97 Å². The lowest BCUT2D eigenvalue weighted by Gasteiger charge is -2.16. The van der Waals surface area contributed by atoms with Crippen LogP contribution in [0.3, 0.4) is 0 Å². The van der Waals surface area contributed by atoms with Crippen molar-refractivity contribution < 1.29 is 14.3 Å². The number of hydrogen-bond acceptors (Lipinski definition) is 3. The van der Waals surface area contributed by atoms with E-state index in [1.54, 1.807) is 12.1 Å². The van der Waals surface area contributed by atoms with Gasteiger partial charge in [0.05, 0.1) is 11.6 Å². The normalized spacial score (nSPS) is 11.6. The first-order valence-corrected chi connectivity index (χ1v) is 10.1. The number of amides is 1. The highest BCUT2D eigenvalue weighted by atomic mass is 16.5. The smallest absolute Gasteiger partial charge is 0.338 e. The van der Waals surface area contributed by atoms with Crippen molar-refractivity contribution >= 4 is 11.9 Å². The Morgan fingerprint density at radius 2 is 1.60 bits per heavy atom. The number of carbonyl (C=O) groups is 2. The first-order chi connectivity index (χ1) is 14.4. The summed E-state index contributed by atoms with van der Waals surface area (Å²) in [5, 5.41) is 2.89. The average molecular weight is 402 g/mol. The Morgan fingerprint density at radius 1 is 0.900 bits per heavy atom. The van der Waals surface area contributed by atoms with Gasteiger partial charge in [0.1, 0.15) is 0 Å². The minimum Gasteiger partial charge on any atom is -0.452 e. The van der Waals surface area contributed by atoms with E-state index < -0.39 is 5.97 Å². The van der Waals surface area contributed by atoms with Gasteiger partial charge in [-0.25, -0.2) is 4.79 Å². The molecule has 1 atom stereocenters. The number of ether oxygens (including phenoxy) is 1. The monoisotopic (exact) mass is 401 g/mol. The van der Waals surface area contributed by atoms with E-state index in [1.807, 2.05) is 68.4 Å².